The van der Waals surface area contributed by atoms with Crippen LogP contribution in [0.2, 0.25) is 0 Å². The Morgan fingerprint density at radius 3 is 1.35 bits per heavy atom. The Balaban J connectivity index is 0.947. The summed E-state index contributed by atoms with van der Waals surface area (Å²) in [5.74, 6) is 3.63. The molecule has 4 nitrogen and oxygen atoms in total. The Kier molecular flexibility index (Phi) is 8.36. The Bertz CT molecular complexity index is 3290. The molecule has 62 heavy (non-hydrogen) atoms. The Morgan fingerprint density at radius 2 is 0.694 bits per heavy atom. The highest BCUT2D eigenvalue weighted by Gasteiger charge is 2.50. The molecular formula is C58H37N3O. The van der Waals surface area contributed by atoms with E-state index >= 15 is 0 Å². The fourth-order valence-electron chi connectivity index (χ4n) is 9.65. The number of ether oxygens (including phenoxy) is 1. The first kappa shape index (κ1) is 35.7. The third-order valence-electron chi connectivity index (χ3n) is 12.4. The van der Waals surface area contributed by atoms with Gasteiger partial charge >= 0.3 is 0 Å². The van der Waals surface area contributed by atoms with Crippen molar-refractivity contribution >= 4 is 0 Å². The molecule has 0 fully saturated rings. The van der Waals surface area contributed by atoms with Crippen LogP contribution < -0.4 is 4.74 Å². The lowest BCUT2D eigenvalue weighted by atomic mass is 9.66. The normalized spacial score (nSPS) is 12.8. The largest absolute Gasteiger partial charge is 0.457 e. The van der Waals surface area contributed by atoms with Crippen molar-refractivity contribution in [2.75, 3.05) is 0 Å². The molecule has 0 saturated carbocycles. The van der Waals surface area contributed by atoms with Gasteiger partial charge in [-0.05, 0) is 79.9 Å². The summed E-state index contributed by atoms with van der Waals surface area (Å²) in [6, 6.07) is 79.0. The van der Waals surface area contributed by atoms with Crippen LogP contribution >= 0.6 is 0 Å². The molecule has 0 saturated heterocycles. The Morgan fingerprint density at radius 1 is 0.258 bits per heavy atom. The van der Waals surface area contributed by atoms with E-state index in [0.29, 0.717) is 17.5 Å². The quantitative estimate of drug-likeness (QED) is 0.168. The number of para-hydroxylation sites is 1. The van der Waals surface area contributed by atoms with Crippen molar-refractivity contribution in [3.63, 3.8) is 0 Å². The summed E-state index contributed by atoms with van der Waals surface area (Å²) in [7, 11) is 0. The predicted molar refractivity (Wildman–Crippen MR) is 250 cm³/mol. The van der Waals surface area contributed by atoms with Crippen LogP contribution in [0, 0.1) is 0 Å². The van der Waals surface area contributed by atoms with Crippen LogP contribution in [0.4, 0.5) is 0 Å². The first-order chi connectivity index (χ1) is 30.7. The first-order valence-electron chi connectivity index (χ1n) is 21.0. The fourth-order valence-corrected chi connectivity index (χ4v) is 9.65. The van der Waals surface area contributed by atoms with Crippen LogP contribution in [0.15, 0.2) is 224 Å². The molecule has 1 aliphatic carbocycles. The van der Waals surface area contributed by atoms with Gasteiger partial charge in [0.05, 0.1) is 5.41 Å². The third-order valence-corrected chi connectivity index (χ3v) is 12.4. The monoisotopic (exact) mass is 791 g/mol. The van der Waals surface area contributed by atoms with Crippen molar-refractivity contribution in [2.45, 2.75) is 5.41 Å². The van der Waals surface area contributed by atoms with E-state index in [1.807, 2.05) is 42.5 Å². The van der Waals surface area contributed by atoms with Crippen molar-refractivity contribution in [1.29, 1.82) is 0 Å². The number of aromatic nitrogens is 3. The number of benzene rings is 9. The molecule has 1 aromatic heterocycles. The van der Waals surface area contributed by atoms with Crippen LogP contribution in [0.3, 0.4) is 0 Å². The van der Waals surface area contributed by atoms with Gasteiger partial charge in [-0.2, -0.15) is 0 Å². The van der Waals surface area contributed by atoms with Gasteiger partial charge in [-0.1, -0.05) is 200 Å². The van der Waals surface area contributed by atoms with E-state index in [1.165, 1.54) is 27.8 Å². The van der Waals surface area contributed by atoms with Gasteiger partial charge in [0, 0.05) is 27.8 Å². The van der Waals surface area contributed by atoms with Gasteiger partial charge in [0.25, 0.3) is 0 Å². The average molecular weight is 792 g/mol. The SMILES string of the molecule is c1ccc(-c2nc(-c3cccc(-c4cccc(-c5ccc6c(c5)Oc5ccccc5C65c6ccccc6-c6ccccc65)c4)c3)nc(-c3ccccc3-c3ccccc3)n2)cc1. The maximum absolute atomic E-state index is 6.83. The van der Waals surface area contributed by atoms with Crippen LogP contribution in [0.5, 0.6) is 11.5 Å². The van der Waals surface area contributed by atoms with Gasteiger partial charge in [0.15, 0.2) is 17.5 Å². The lowest BCUT2D eigenvalue weighted by Crippen LogP contribution is -2.32. The number of rotatable bonds is 6. The average Bonchev–Trinajstić information content (AvgIpc) is 3.65. The van der Waals surface area contributed by atoms with Gasteiger partial charge in [0.1, 0.15) is 11.5 Å². The second-order valence-electron chi connectivity index (χ2n) is 15.9. The summed E-state index contributed by atoms with van der Waals surface area (Å²) < 4.78 is 6.83. The van der Waals surface area contributed by atoms with Crippen molar-refractivity contribution in [3.05, 3.63) is 247 Å². The van der Waals surface area contributed by atoms with Gasteiger partial charge in [-0.3, -0.25) is 0 Å². The maximum atomic E-state index is 6.83. The summed E-state index contributed by atoms with van der Waals surface area (Å²) in [5.41, 5.74) is 16.3. The summed E-state index contributed by atoms with van der Waals surface area (Å²) in [6.07, 6.45) is 0. The van der Waals surface area contributed by atoms with E-state index < -0.39 is 5.41 Å². The minimum absolute atomic E-state index is 0.489. The van der Waals surface area contributed by atoms with Crippen molar-refractivity contribution < 1.29 is 4.74 Å². The van der Waals surface area contributed by atoms with Crippen molar-refractivity contribution in [2.24, 2.45) is 0 Å². The number of nitrogens with zero attached hydrogens (tertiary/aromatic N) is 3. The first-order valence-corrected chi connectivity index (χ1v) is 21.0. The standard InChI is InChI=1S/C58H37N3O/c1-3-17-38(18-4-1)45-25-7-8-28-48(45)57-60-55(39-19-5-2-6-20-39)59-56(61-57)44-24-16-23-42(36-44)40-21-15-22-41(35-40)43-33-34-52-54(37-43)62-53-32-14-13-31-51(53)58(52)49-29-11-9-26-46(49)47-27-10-12-30-50(47)58/h1-37H. The number of fused-ring (bicyclic) bond motifs is 9. The summed E-state index contributed by atoms with van der Waals surface area (Å²) in [5, 5.41) is 0. The van der Waals surface area contributed by atoms with E-state index in [-0.39, 0.29) is 0 Å². The van der Waals surface area contributed by atoms with E-state index in [1.54, 1.807) is 0 Å². The highest BCUT2D eigenvalue weighted by atomic mass is 16.5. The second-order valence-corrected chi connectivity index (χ2v) is 15.9. The van der Waals surface area contributed by atoms with Crippen LogP contribution in [0.1, 0.15) is 22.3 Å². The summed E-state index contributed by atoms with van der Waals surface area (Å²) in [6.45, 7) is 0. The summed E-state index contributed by atoms with van der Waals surface area (Å²) >= 11 is 0. The molecule has 0 radical (unpaired) electrons. The molecule has 1 spiro atoms. The van der Waals surface area contributed by atoms with E-state index in [0.717, 1.165) is 67.1 Å². The molecule has 0 unspecified atom stereocenters. The summed E-state index contributed by atoms with van der Waals surface area (Å²) in [4.78, 5) is 15.3. The van der Waals surface area contributed by atoms with Crippen molar-refractivity contribution in [3.8, 4) is 90.2 Å². The maximum Gasteiger partial charge on any atom is 0.164 e. The topological polar surface area (TPSA) is 47.9 Å². The molecule has 2 heterocycles. The molecule has 290 valence electrons. The lowest BCUT2D eigenvalue weighted by Gasteiger charge is -2.39. The van der Waals surface area contributed by atoms with Gasteiger partial charge < -0.3 is 4.74 Å². The zero-order valence-corrected chi connectivity index (χ0v) is 33.6. The highest BCUT2D eigenvalue weighted by molar-refractivity contribution is 5.89. The minimum Gasteiger partial charge on any atom is -0.457 e. The molecule has 9 aromatic carbocycles. The fraction of sp³-hybridized carbons (Fsp3) is 0.0172. The zero-order chi connectivity index (χ0) is 41.0. The highest BCUT2D eigenvalue weighted by Crippen LogP contribution is 2.62. The van der Waals surface area contributed by atoms with E-state index in [9.17, 15) is 0 Å². The number of hydrogen-bond acceptors (Lipinski definition) is 4. The van der Waals surface area contributed by atoms with E-state index in [4.69, 9.17) is 19.7 Å². The number of hydrogen-bond donors (Lipinski definition) is 0. The molecule has 10 aromatic rings. The van der Waals surface area contributed by atoms with E-state index in [2.05, 4.69) is 182 Å². The smallest absolute Gasteiger partial charge is 0.164 e. The van der Waals surface area contributed by atoms with Crippen molar-refractivity contribution in [1.82, 2.24) is 15.0 Å². The molecule has 4 heteroatoms. The molecule has 12 rings (SSSR count). The van der Waals surface area contributed by atoms with Crippen LogP contribution in [-0.2, 0) is 5.41 Å². The van der Waals surface area contributed by atoms with Crippen LogP contribution in [0.25, 0.3) is 78.7 Å². The molecule has 0 N–H and O–H groups in total. The zero-order valence-electron chi connectivity index (χ0n) is 33.6. The molecule has 0 amide bonds. The molecular weight excluding hydrogens is 755 g/mol. The molecule has 2 aliphatic rings. The Labute approximate surface area is 360 Å². The molecule has 0 atom stereocenters. The van der Waals surface area contributed by atoms with Crippen LogP contribution in [-0.4, -0.2) is 15.0 Å². The molecule has 1 aliphatic heterocycles. The minimum atomic E-state index is -0.489. The van der Waals surface area contributed by atoms with Gasteiger partial charge in [-0.15, -0.1) is 0 Å². The van der Waals surface area contributed by atoms with Gasteiger partial charge in [0.2, 0.25) is 0 Å². The Hall–Kier alpha value is -8.21. The van der Waals surface area contributed by atoms with Gasteiger partial charge in [-0.25, -0.2) is 15.0 Å². The third kappa shape index (κ3) is 5.72. The predicted octanol–water partition coefficient (Wildman–Crippen LogP) is 14.3. The second kappa shape index (κ2) is 14.5. The lowest BCUT2D eigenvalue weighted by molar-refractivity contribution is 0.436. The molecule has 0 bridgehead atoms.